The molecule has 1 aromatic carbocycles. The van der Waals surface area contributed by atoms with E-state index in [4.69, 9.17) is 4.74 Å². The maximum Gasteiger partial charge on any atom is 0.419 e. The van der Waals surface area contributed by atoms with Gasteiger partial charge in [0.15, 0.2) is 6.23 Å². The highest BCUT2D eigenvalue weighted by atomic mass is 19.4. The van der Waals surface area contributed by atoms with Crippen molar-refractivity contribution in [3.63, 3.8) is 0 Å². The van der Waals surface area contributed by atoms with Crippen LogP contribution >= 0.6 is 0 Å². The lowest BCUT2D eigenvalue weighted by Gasteiger charge is -2.22. The molecule has 30 heavy (non-hydrogen) atoms. The summed E-state index contributed by atoms with van der Waals surface area (Å²) in [5, 5.41) is 32.1. The van der Waals surface area contributed by atoms with E-state index in [0.29, 0.717) is 28.9 Å². The number of aromatic nitrogens is 3. The van der Waals surface area contributed by atoms with Crippen LogP contribution in [0.15, 0.2) is 36.8 Å². The van der Waals surface area contributed by atoms with Gasteiger partial charge in [0, 0.05) is 11.6 Å². The summed E-state index contributed by atoms with van der Waals surface area (Å²) in [5.41, 5.74) is -0.771. The SMILES string of the molecule is Cc1ncnc2c1ccn2[C@@H]1O[C@H](C(O)c2ccc(F)c(C(F)(F)F)c2)[C@@H](O)[C@H]1O. The minimum Gasteiger partial charge on any atom is -0.387 e. The summed E-state index contributed by atoms with van der Waals surface area (Å²) in [6.07, 6.45) is -9.58. The molecule has 0 bridgehead atoms. The number of nitrogens with zero attached hydrogens (tertiary/aromatic N) is 3. The molecule has 160 valence electrons. The molecule has 0 saturated carbocycles. The number of alkyl halides is 3. The van der Waals surface area contributed by atoms with Gasteiger partial charge < -0.3 is 24.6 Å². The summed E-state index contributed by atoms with van der Waals surface area (Å²) in [7, 11) is 0. The van der Waals surface area contributed by atoms with E-state index in [1.54, 1.807) is 19.2 Å². The topological polar surface area (TPSA) is 101 Å². The lowest BCUT2D eigenvalue weighted by Crippen LogP contribution is -2.35. The first-order valence-electron chi connectivity index (χ1n) is 8.94. The number of fused-ring (bicyclic) bond motifs is 1. The van der Waals surface area contributed by atoms with Gasteiger partial charge >= 0.3 is 6.18 Å². The lowest BCUT2D eigenvalue weighted by atomic mass is 9.97. The molecule has 1 fully saturated rings. The standard InChI is InChI=1S/C19H17F4N3O4/c1-8-10-4-5-26(17(10)25-7-24-8)18-15(29)14(28)16(30-18)13(27)9-2-3-12(20)11(6-9)19(21,22)23/h2-7,13-16,18,27-29H,1H3/t13?,14-,15+,16+,18+/m0/s1. The van der Waals surface area contributed by atoms with Crippen LogP contribution in [0.1, 0.15) is 29.2 Å². The Morgan fingerprint density at radius 3 is 2.57 bits per heavy atom. The van der Waals surface area contributed by atoms with Gasteiger partial charge in [-0.1, -0.05) is 6.07 Å². The molecular weight excluding hydrogens is 410 g/mol. The Labute approximate surface area is 167 Å². The number of benzene rings is 1. The van der Waals surface area contributed by atoms with Gasteiger partial charge in [-0.05, 0) is 30.7 Å². The monoisotopic (exact) mass is 427 g/mol. The molecule has 1 saturated heterocycles. The highest BCUT2D eigenvalue weighted by molar-refractivity contribution is 5.78. The maximum absolute atomic E-state index is 13.5. The third-order valence-electron chi connectivity index (χ3n) is 5.21. The Morgan fingerprint density at radius 2 is 1.87 bits per heavy atom. The molecular formula is C19H17F4N3O4. The predicted molar refractivity (Wildman–Crippen MR) is 94.6 cm³/mol. The van der Waals surface area contributed by atoms with Crippen molar-refractivity contribution in [3.8, 4) is 0 Å². The maximum atomic E-state index is 13.5. The van der Waals surface area contributed by atoms with Crippen LogP contribution in [0.5, 0.6) is 0 Å². The highest BCUT2D eigenvalue weighted by Gasteiger charge is 2.48. The zero-order valence-electron chi connectivity index (χ0n) is 15.5. The second-order valence-electron chi connectivity index (χ2n) is 7.07. The van der Waals surface area contributed by atoms with E-state index in [9.17, 15) is 32.9 Å². The van der Waals surface area contributed by atoms with Crippen LogP contribution in [0.3, 0.4) is 0 Å². The van der Waals surface area contributed by atoms with E-state index < -0.39 is 48.2 Å². The van der Waals surface area contributed by atoms with Crippen LogP contribution < -0.4 is 0 Å². The quantitative estimate of drug-likeness (QED) is 0.555. The molecule has 0 amide bonds. The van der Waals surface area contributed by atoms with Crippen LogP contribution in [0.4, 0.5) is 17.6 Å². The van der Waals surface area contributed by atoms with Gasteiger partial charge in [-0.15, -0.1) is 0 Å². The number of aliphatic hydroxyl groups is 3. The number of aryl methyl sites for hydroxylation is 1. The van der Waals surface area contributed by atoms with E-state index in [-0.39, 0.29) is 5.56 Å². The zero-order valence-corrected chi connectivity index (χ0v) is 15.5. The number of hydrogen-bond acceptors (Lipinski definition) is 6. The minimum atomic E-state index is -4.96. The molecule has 1 unspecified atom stereocenters. The fraction of sp³-hybridized carbons (Fsp3) is 0.368. The van der Waals surface area contributed by atoms with Crippen molar-refractivity contribution in [2.75, 3.05) is 0 Å². The third-order valence-corrected chi connectivity index (χ3v) is 5.21. The Bertz CT molecular complexity index is 1090. The normalized spacial score (nSPS) is 25.7. The fourth-order valence-corrected chi connectivity index (χ4v) is 3.61. The molecule has 3 heterocycles. The van der Waals surface area contributed by atoms with E-state index in [0.717, 1.165) is 6.07 Å². The molecule has 5 atom stereocenters. The van der Waals surface area contributed by atoms with E-state index in [1.165, 1.54) is 10.9 Å². The number of ether oxygens (including phenoxy) is 1. The summed E-state index contributed by atoms with van der Waals surface area (Å²) < 4.78 is 59.5. The largest absolute Gasteiger partial charge is 0.419 e. The van der Waals surface area contributed by atoms with Gasteiger partial charge in [0.05, 0.1) is 11.3 Å². The van der Waals surface area contributed by atoms with Crippen molar-refractivity contribution in [3.05, 3.63) is 59.4 Å². The molecule has 0 aliphatic carbocycles. The van der Waals surface area contributed by atoms with Gasteiger partial charge in [-0.2, -0.15) is 13.2 Å². The Morgan fingerprint density at radius 1 is 1.13 bits per heavy atom. The molecule has 2 aromatic heterocycles. The first-order valence-corrected chi connectivity index (χ1v) is 8.94. The summed E-state index contributed by atoms with van der Waals surface area (Å²) >= 11 is 0. The van der Waals surface area contributed by atoms with Crippen molar-refractivity contribution >= 4 is 11.0 Å². The van der Waals surface area contributed by atoms with Gasteiger partial charge in [0.1, 0.15) is 42.2 Å². The molecule has 3 aromatic rings. The Hall–Kier alpha value is -2.60. The van der Waals surface area contributed by atoms with Crippen molar-refractivity contribution < 1.29 is 37.6 Å². The summed E-state index contributed by atoms with van der Waals surface area (Å²) in [4.78, 5) is 8.19. The van der Waals surface area contributed by atoms with E-state index in [1.807, 2.05) is 0 Å². The van der Waals surface area contributed by atoms with Crippen LogP contribution in [-0.4, -0.2) is 48.2 Å². The Kier molecular flexibility index (Phi) is 5.01. The summed E-state index contributed by atoms with van der Waals surface area (Å²) in [6, 6.07) is 3.69. The third kappa shape index (κ3) is 3.33. The molecule has 11 heteroatoms. The van der Waals surface area contributed by atoms with Crippen LogP contribution in [0.25, 0.3) is 11.0 Å². The highest BCUT2D eigenvalue weighted by Crippen LogP contribution is 2.39. The second-order valence-corrected chi connectivity index (χ2v) is 7.07. The van der Waals surface area contributed by atoms with E-state index in [2.05, 4.69) is 9.97 Å². The van der Waals surface area contributed by atoms with Crippen molar-refractivity contribution in [2.45, 2.75) is 43.7 Å². The van der Waals surface area contributed by atoms with Crippen LogP contribution in [0.2, 0.25) is 0 Å². The second kappa shape index (κ2) is 7.27. The van der Waals surface area contributed by atoms with Crippen molar-refractivity contribution in [2.24, 2.45) is 0 Å². The predicted octanol–water partition coefficient (Wildman–Crippen LogP) is 2.25. The lowest BCUT2D eigenvalue weighted by molar-refractivity contribution is -0.140. The molecule has 0 spiro atoms. The van der Waals surface area contributed by atoms with Crippen molar-refractivity contribution in [1.29, 1.82) is 0 Å². The molecule has 7 nitrogen and oxygen atoms in total. The van der Waals surface area contributed by atoms with Gasteiger partial charge in [0.2, 0.25) is 0 Å². The number of rotatable bonds is 3. The summed E-state index contributed by atoms with van der Waals surface area (Å²) in [6.45, 7) is 1.76. The number of aliphatic hydroxyl groups excluding tert-OH is 3. The minimum absolute atomic E-state index is 0.309. The molecule has 1 aliphatic heterocycles. The average molecular weight is 427 g/mol. The molecule has 1 aliphatic rings. The first-order chi connectivity index (χ1) is 14.1. The number of hydrogen-bond donors (Lipinski definition) is 3. The summed E-state index contributed by atoms with van der Waals surface area (Å²) in [5.74, 6) is -1.49. The van der Waals surface area contributed by atoms with E-state index >= 15 is 0 Å². The van der Waals surface area contributed by atoms with Crippen LogP contribution in [0, 0.1) is 12.7 Å². The van der Waals surface area contributed by atoms with Crippen LogP contribution in [-0.2, 0) is 10.9 Å². The zero-order chi connectivity index (χ0) is 21.8. The average Bonchev–Trinajstić information content (AvgIpc) is 3.23. The first kappa shape index (κ1) is 20.7. The van der Waals surface area contributed by atoms with Gasteiger partial charge in [-0.3, -0.25) is 0 Å². The molecule has 0 radical (unpaired) electrons. The smallest absolute Gasteiger partial charge is 0.387 e. The number of halogens is 4. The van der Waals surface area contributed by atoms with Gasteiger partial charge in [0.25, 0.3) is 0 Å². The Balaban J connectivity index is 1.66. The fourth-order valence-electron chi connectivity index (χ4n) is 3.61. The molecule has 3 N–H and O–H groups in total. The van der Waals surface area contributed by atoms with Gasteiger partial charge in [-0.25, -0.2) is 14.4 Å². The molecule has 4 rings (SSSR count). The van der Waals surface area contributed by atoms with Crippen molar-refractivity contribution in [1.82, 2.24) is 14.5 Å².